The van der Waals surface area contributed by atoms with Gasteiger partial charge in [0.05, 0.1) is 25.4 Å². The van der Waals surface area contributed by atoms with Crippen LogP contribution in [0.15, 0.2) is 0 Å². The van der Waals surface area contributed by atoms with Crippen molar-refractivity contribution in [3.05, 3.63) is 0 Å². The van der Waals surface area contributed by atoms with Gasteiger partial charge >= 0.3 is 0 Å². The van der Waals surface area contributed by atoms with Crippen molar-refractivity contribution in [1.29, 1.82) is 0 Å². The van der Waals surface area contributed by atoms with Crippen LogP contribution in [0.25, 0.3) is 0 Å². The highest BCUT2D eigenvalue weighted by atomic mass is 28.4. The van der Waals surface area contributed by atoms with Gasteiger partial charge in [0, 0.05) is 12.5 Å². The van der Waals surface area contributed by atoms with E-state index in [-0.39, 0.29) is 23.7 Å². The van der Waals surface area contributed by atoms with E-state index < -0.39 is 14.4 Å². The van der Waals surface area contributed by atoms with E-state index in [1.807, 2.05) is 0 Å². The quantitative estimate of drug-likeness (QED) is 0.752. The molecule has 0 aromatic carbocycles. The molecule has 0 aliphatic carbocycles. The van der Waals surface area contributed by atoms with Crippen LogP contribution in [0.4, 0.5) is 0 Å². The zero-order valence-electron chi connectivity index (χ0n) is 11.6. The predicted octanol–water partition coefficient (Wildman–Crippen LogP) is 1.38. The summed E-state index contributed by atoms with van der Waals surface area (Å²) in [4.78, 5) is 0. The van der Waals surface area contributed by atoms with Crippen LogP contribution in [0.1, 0.15) is 20.8 Å². The Morgan fingerprint density at radius 3 is 2.41 bits per heavy atom. The lowest BCUT2D eigenvalue weighted by Gasteiger charge is -2.37. The summed E-state index contributed by atoms with van der Waals surface area (Å²) in [5.41, 5.74) is 0. The van der Waals surface area contributed by atoms with Gasteiger partial charge in [-0.1, -0.05) is 20.8 Å². The first kappa shape index (κ1) is 15.1. The van der Waals surface area contributed by atoms with Crippen LogP contribution in [0.2, 0.25) is 18.1 Å². The number of rotatable bonds is 4. The summed E-state index contributed by atoms with van der Waals surface area (Å²) < 4.78 is 11.4. The highest BCUT2D eigenvalue weighted by Crippen LogP contribution is 2.37. The molecular formula is C12H26O4Si. The Kier molecular flexibility index (Phi) is 4.77. The molecule has 102 valence electrons. The van der Waals surface area contributed by atoms with Crippen molar-refractivity contribution in [2.75, 3.05) is 19.8 Å². The van der Waals surface area contributed by atoms with E-state index in [4.69, 9.17) is 14.3 Å². The Balaban J connectivity index is 2.55. The number of hydrogen-bond donors (Lipinski definition) is 2. The van der Waals surface area contributed by atoms with Crippen molar-refractivity contribution in [2.24, 2.45) is 5.92 Å². The first-order valence-corrected chi connectivity index (χ1v) is 9.14. The molecule has 0 spiro atoms. The minimum atomic E-state index is -1.79. The monoisotopic (exact) mass is 262 g/mol. The van der Waals surface area contributed by atoms with E-state index in [2.05, 4.69) is 33.9 Å². The van der Waals surface area contributed by atoms with Crippen LogP contribution in [0.3, 0.4) is 0 Å². The highest BCUT2D eigenvalue weighted by Gasteiger charge is 2.41. The van der Waals surface area contributed by atoms with Gasteiger partial charge in [-0.15, -0.1) is 0 Å². The summed E-state index contributed by atoms with van der Waals surface area (Å²) in [6.45, 7) is 11.6. The van der Waals surface area contributed by atoms with Gasteiger partial charge in [0.1, 0.15) is 0 Å². The van der Waals surface area contributed by atoms with Crippen LogP contribution in [0.5, 0.6) is 0 Å². The molecule has 1 saturated heterocycles. The lowest BCUT2D eigenvalue weighted by Crippen LogP contribution is -2.44. The molecule has 1 heterocycles. The Labute approximate surface area is 105 Å². The second-order valence-electron chi connectivity index (χ2n) is 6.36. The van der Waals surface area contributed by atoms with E-state index in [1.165, 1.54) is 0 Å². The summed E-state index contributed by atoms with van der Waals surface area (Å²) in [7, 11) is -1.79. The number of hydrogen-bond acceptors (Lipinski definition) is 4. The van der Waals surface area contributed by atoms with Crippen LogP contribution in [0, 0.1) is 5.92 Å². The van der Waals surface area contributed by atoms with Gasteiger partial charge in [-0.05, 0) is 18.1 Å². The normalized spacial score (nSPS) is 30.9. The summed E-state index contributed by atoms with van der Waals surface area (Å²) in [5.74, 6) is -0.103. The molecule has 1 fully saturated rings. The molecule has 17 heavy (non-hydrogen) atoms. The maximum atomic E-state index is 9.79. The summed E-state index contributed by atoms with van der Waals surface area (Å²) in [6, 6.07) is 0. The minimum Gasteiger partial charge on any atom is -0.416 e. The van der Waals surface area contributed by atoms with Crippen molar-refractivity contribution < 1.29 is 19.4 Å². The fourth-order valence-corrected chi connectivity index (χ4v) is 2.69. The third kappa shape index (κ3) is 3.51. The third-order valence-electron chi connectivity index (χ3n) is 4.08. The average molecular weight is 262 g/mol. The number of aliphatic hydroxyl groups is 2. The molecule has 0 aromatic rings. The summed E-state index contributed by atoms with van der Waals surface area (Å²) in [5, 5.41) is 19.1. The zero-order valence-corrected chi connectivity index (χ0v) is 12.6. The van der Waals surface area contributed by atoms with Crippen molar-refractivity contribution in [2.45, 2.75) is 51.1 Å². The molecule has 0 saturated carbocycles. The van der Waals surface area contributed by atoms with E-state index in [1.54, 1.807) is 0 Å². The minimum absolute atomic E-state index is 0.0530. The van der Waals surface area contributed by atoms with Crippen molar-refractivity contribution in [1.82, 2.24) is 0 Å². The first-order chi connectivity index (χ1) is 7.69. The van der Waals surface area contributed by atoms with E-state index in [9.17, 15) is 5.11 Å². The average Bonchev–Trinajstić information content (AvgIpc) is 2.54. The summed E-state index contributed by atoms with van der Waals surface area (Å²) in [6.07, 6.45) is -0.799. The Hall–Kier alpha value is 0.0569. The zero-order chi connectivity index (χ0) is 13.3. The second-order valence-corrected chi connectivity index (χ2v) is 11.2. The third-order valence-corrected chi connectivity index (χ3v) is 8.58. The van der Waals surface area contributed by atoms with Gasteiger partial charge in [0.2, 0.25) is 0 Å². The standard InChI is InChI=1S/C12H26O4Si/c1-12(2,3)17(4,5)16-7-9-10(14)8-15-11(9)6-13/h9-11,13-14H,6-8H2,1-5H3/t9-,10-,11+/m1/s1. The maximum Gasteiger partial charge on any atom is 0.191 e. The van der Waals surface area contributed by atoms with E-state index >= 15 is 0 Å². The van der Waals surface area contributed by atoms with Gasteiger partial charge in [0.25, 0.3) is 0 Å². The molecule has 0 bridgehead atoms. The van der Waals surface area contributed by atoms with Gasteiger partial charge < -0.3 is 19.4 Å². The maximum absolute atomic E-state index is 9.79. The lowest BCUT2D eigenvalue weighted by molar-refractivity contribution is 0.0275. The molecule has 2 N–H and O–H groups in total. The van der Waals surface area contributed by atoms with Gasteiger partial charge in [0.15, 0.2) is 8.32 Å². The van der Waals surface area contributed by atoms with E-state index in [0.717, 1.165) is 0 Å². The largest absolute Gasteiger partial charge is 0.416 e. The van der Waals surface area contributed by atoms with Crippen LogP contribution >= 0.6 is 0 Å². The molecule has 1 rings (SSSR count). The summed E-state index contributed by atoms with van der Waals surface area (Å²) >= 11 is 0. The lowest BCUT2D eigenvalue weighted by atomic mass is 10.0. The van der Waals surface area contributed by atoms with Gasteiger partial charge in [-0.2, -0.15) is 0 Å². The SMILES string of the molecule is CC(C)(C)[Si](C)(C)OC[C@@H]1[C@H](O)CO[C@H]1CO. The van der Waals surface area contributed by atoms with Crippen LogP contribution in [-0.4, -0.2) is 50.6 Å². The molecule has 0 unspecified atom stereocenters. The highest BCUT2D eigenvalue weighted by molar-refractivity contribution is 6.74. The molecule has 0 amide bonds. The van der Waals surface area contributed by atoms with Crippen LogP contribution < -0.4 is 0 Å². The first-order valence-electron chi connectivity index (χ1n) is 6.23. The topological polar surface area (TPSA) is 58.9 Å². The van der Waals surface area contributed by atoms with Crippen LogP contribution in [-0.2, 0) is 9.16 Å². The Morgan fingerprint density at radius 2 is 1.94 bits per heavy atom. The molecule has 5 heteroatoms. The molecule has 3 atom stereocenters. The molecule has 0 radical (unpaired) electrons. The number of ether oxygens (including phenoxy) is 1. The number of aliphatic hydroxyl groups excluding tert-OH is 2. The molecule has 0 aromatic heterocycles. The fraction of sp³-hybridized carbons (Fsp3) is 1.00. The molecular weight excluding hydrogens is 236 g/mol. The van der Waals surface area contributed by atoms with E-state index in [0.29, 0.717) is 13.2 Å². The van der Waals surface area contributed by atoms with Gasteiger partial charge in [-0.25, -0.2) is 0 Å². The Bertz CT molecular complexity index is 249. The van der Waals surface area contributed by atoms with Crippen molar-refractivity contribution in [3.63, 3.8) is 0 Å². The smallest absolute Gasteiger partial charge is 0.191 e. The Morgan fingerprint density at radius 1 is 1.35 bits per heavy atom. The molecule has 4 nitrogen and oxygen atoms in total. The predicted molar refractivity (Wildman–Crippen MR) is 69.5 cm³/mol. The second kappa shape index (κ2) is 5.36. The molecule has 1 aliphatic rings. The van der Waals surface area contributed by atoms with Crippen molar-refractivity contribution in [3.8, 4) is 0 Å². The fourth-order valence-electron chi connectivity index (χ4n) is 1.64. The van der Waals surface area contributed by atoms with Crippen molar-refractivity contribution >= 4 is 8.32 Å². The van der Waals surface area contributed by atoms with Gasteiger partial charge in [-0.3, -0.25) is 0 Å². The molecule has 1 aliphatic heterocycles.